The Morgan fingerprint density at radius 3 is 2.95 bits per heavy atom. The quantitative estimate of drug-likeness (QED) is 0.782. The van der Waals surface area contributed by atoms with E-state index >= 15 is 0 Å². The van der Waals surface area contributed by atoms with E-state index in [9.17, 15) is 8.78 Å². The fourth-order valence-corrected chi connectivity index (χ4v) is 1.54. The molecule has 4 N–H and O–H groups in total. The molecular weight excluding hydrogens is 266 g/mol. The van der Waals surface area contributed by atoms with Gasteiger partial charge in [-0.2, -0.15) is 8.78 Å². The molecule has 2 rings (SSSR count). The van der Waals surface area contributed by atoms with Gasteiger partial charge in [0.05, 0.1) is 0 Å². The molecular formula is C13H16F2N4O. The van der Waals surface area contributed by atoms with Crippen molar-refractivity contribution >= 4 is 17.7 Å². The number of nitrogens with two attached hydrogens (primary N) is 2. The Morgan fingerprint density at radius 2 is 2.30 bits per heavy atom. The van der Waals surface area contributed by atoms with Gasteiger partial charge in [0.1, 0.15) is 0 Å². The van der Waals surface area contributed by atoms with Crippen LogP contribution in [0.3, 0.4) is 0 Å². The molecule has 20 heavy (non-hydrogen) atoms. The maximum absolute atomic E-state index is 12.2. The van der Waals surface area contributed by atoms with Crippen LogP contribution in [0.4, 0.5) is 14.6 Å². The summed E-state index contributed by atoms with van der Waals surface area (Å²) in [4.78, 5) is 7.98. The van der Waals surface area contributed by atoms with Gasteiger partial charge in [-0.1, -0.05) is 0 Å². The zero-order valence-electron chi connectivity index (χ0n) is 10.8. The second kappa shape index (κ2) is 6.31. The molecule has 0 aliphatic heterocycles. The molecule has 1 saturated carbocycles. The lowest BCUT2D eigenvalue weighted by Gasteiger charge is -2.08. The van der Waals surface area contributed by atoms with Crippen LogP contribution in [-0.2, 0) is 0 Å². The number of aromatic nitrogens is 1. The molecule has 0 bridgehead atoms. The molecule has 1 aliphatic carbocycles. The van der Waals surface area contributed by atoms with E-state index in [1.807, 2.05) is 0 Å². The first-order valence-corrected chi connectivity index (χ1v) is 6.22. The van der Waals surface area contributed by atoms with Crippen LogP contribution in [0.2, 0.25) is 0 Å². The van der Waals surface area contributed by atoms with Gasteiger partial charge < -0.3 is 16.2 Å². The summed E-state index contributed by atoms with van der Waals surface area (Å²) in [6.45, 7) is -2.16. The molecule has 0 saturated heterocycles. The number of allylic oxidation sites excluding steroid dienone is 1. The van der Waals surface area contributed by atoms with Crippen LogP contribution in [0, 0.1) is 5.92 Å². The fourth-order valence-electron chi connectivity index (χ4n) is 1.54. The van der Waals surface area contributed by atoms with Gasteiger partial charge in [0.2, 0.25) is 0 Å². The average Bonchev–Trinajstić information content (AvgIpc) is 3.20. The number of nitrogens with zero attached hydrogens (tertiary/aromatic N) is 2. The first-order chi connectivity index (χ1) is 9.56. The van der Waals surface area contributed by atoms with Gasteiger partial charge in [0.25, 0.3) is 0 Å². The van der Waals surface area contributed by atoms with Crippen LogP contribution < -0.4 is 16.2 Å². The number of nitrogen functional groups attached to an aromatic ring is 1. The highest BCUT2D eigenvalue weighted by Crippen LogP contribution is 2.28. The van der Waals surface area contributed by atoms with Crippen molar-refractivity contribution in [3.8, 4) is 5.75 Å². The van der Waals surface area contributed by atoms with Gasteiger partial charge in [0.15, 0.2) is 11.6 Å². The number of aliphatic imine (C=N–C) groups is 1. The van der Waals surface area contributed by atoms with E-state index < -0.39 is 6.61 Å². The van der Waals surface area contributed by atoms with Gasteiger partial charge in [0, 0.05) is 30.2 Å². The topological polar surface area (TPSA) is 86.5 Å². The summed E-state index contributed by atoms with van der Waals surface area (Å²) in [6, 6.07) is 1.33. The summed E-state index contributed by atoms with van der Waals surface area (Å²) >= 11 is 0. The molecule has 0 aromatic carbocycles. The SMILES string of the molecule is NC(=CC=NCC1CC1)c1cnc(N)c(OC(F)F)c1. The van der Waals surface area contributed by atoms with Gasteiger partial charge in [-0.15, -0.1) is 0 Å². The number of hydrogen-bond donors (Lipinski definition) is 2. The lowest BCUT2D eigenvalue weighted by atomic mass is 10.2. The van der Waals surface area contributed by atoms with E-state index in [-0.39, 0.29) is 11.6 Å². The number of hydrogen-bond acceptors (Lipinski definition) is 5. The van der Waals surface area contributed by atoms with Crippen molar-refractivity contribution in [1.82, 2.24) is 4.98 Å². The van der Waals surface area contributed by atoms with Crippen molar-refractivity contribution in [2.75, 3.05) is 12.3 Å². The summed E-state index contributed by atoms with van der Waals surface area (Å²) < 4.78 is 28.6. The maximum Gasteiger partial charge on any atom is 0.387 e. The van der Waals surface area contributed by atoms with Gasteiger partial charge in [-0.25, -0.2) is 4.98 Å². The molecule has 1 aromatic heterocycles. The van der Waals surface area contributed by atoms with Crippen LogP contribution in [0.25, 0.3) is 5.70 Å². The van der Waals surface area contributed by atoms with Crippen LogP contribution in [0.1, 0.15) is 18.4 Å². The molecule has 1 fully saturated rings. The summed E-state index contributed by atoms with van der Waals surface area (Å²) in [7, 11) is 0. The highest BCUT2D eigenvalue weighted by Gasteiger charge is 2.19. The molecule has 0 amide bonds. The summed E-state index contributed by atoms with van der Waals surface area (Å²) in [5.41, 5.74) is 12.1. The van der Waals surface area contributed by atoms with E-state index in [4.69, 9.17) is 11.5 Å². The predicted octanol–water partition coefficient (Wildman–Crippen LogP) is 2.05. The first kappa shape index (κ1) is 14.2. The normalized spacial score (nSPS) is 16.1. The highest BCUT2D eigenvalue weighted by atomic mass is 19.3. The second-order valence-electron chi connectivity index (χ2n) is 4.57. The van der Waals surface area contributed by atoms with Crippen molar-refractivity contribution in [2.24, 2.45) is 16.6 Å². The Labute approximate surface area is 115 Å². The van der Waals surface area contributed by atoms with Crippen molar-refractivity contribution in [3.63, 3.8) is 0 Å². The second-order valence-corrected chi connectivity index (χ2v) is 4.57. The molecule has 0 spiro atoms. The number of alkyl halides is 2. The Morgan fingerprint density at radius 1 is 1.55 bits per heavy atom. The van der Waals surface area contributed by atoms with Crippen LogP contribution >= 0.6 is 0 Å². The van der Waals surface area contributed by atoms with Crippen LogP contribution in [0.5, 0.6) is 5.75 Å². The van der Waals surface area contributed by atoms with Gasteiger partial charge in [-0.05, 0) is 30.9 Å². The Hall–Kier alpha value is -2.18. The Bertz CT molecular complexity index is 527. The van der Waals surface area contributed by atoms with E-state index in [1.54, 1.807) is 12.3 Å². The standard InChI is InChI=1S/C13H16F2N4O/c14-13(15)20-11-5-9(7-19-12(11)17)10(16)3-4-18-6-8-1-2-8/h3-5,7-8,13H,1-2,6,16H2,(H2,17,19). The lowest BCUT2D eigenvalue weighted by molar-refractivity contribution is -0.0495. The van der Waals surface area contributed by atoms with Crippen LogP contribution in [0.15, 0.2) is 23.3 Å². The molecule has 5 nitrogen and oxygen atoms in total. The number of halogens is 2. The van der Waals surface area contributed by atoms with E-state index in [0.717, 1.165) is 6.54 Å². The smallest absolute Gasteiger partial charge is 0.387 e. The number of anilines is 1. The lowest BCUT2D eigenvalue weighted by Crippen LogP contribution is -2.07. The predicted molar refractivity (Wildman–Crippen MR) is 73.5 cm³/mol. The van der Waals surface area contributed by atoms with Crippen molar-refractivity contribution < 1.29 is 13.5 Å². The van der Waals surface area contributed by atoms with Crippen LogP contribution in [-0.4, -0.2) is 24.4 Å². The third-order valence-electron chi connectivity index (χ3n) is 2.85. The summed E-state index contributed by atoms with van der Waals surface area (Å²) in [6.07, 6.45) is 7.06. The minimum absolute atomic E-state index is 0.107. The monoisotopic (exact) mass is 282 g/mol. The van der Waals surface area contributed by atoms with Gasteiger partial charge >= 0.3 is 6.61 Å². The minimum atomic E-state index is -2.96. The highest BCUT2D eigenvalue weighted by molar-refractivity contribution is 5.83. The zero-order chi connectivity index (χ0) is 14.5. The first-order valence-electron chi connectivity index (χ1n) is 6.22. The van der Waals surface area contributed by atoms with Gasteiger partial charge in [-0.3, -0.25) is 4.99 Å². The molecule has 7 heteroatoms. The molecule has 0 radical (unpaired) electrons. The van der Waals surface area contributed by atoms with Crippen molar-refractivity contribution in [1.29, 1.82) is 0 Å². The minimum Gasteiger partial charge on any atom is -0.431 e. The third-order valence-corrected chi connectivity index (χ3v) is 2.85. The van der Waals surface area contributed by atoms with E-state index in [1.165, 1.54) is 25.1 Å². The number of ether oxygens (including phenoxy) is 1. The molecule has 1 aromatic rings. The van der Waals surface area contributed by atoms with E-state index in [0.29, 0.717) is 17.2 Å². The molecule has 1 aliphatic rings. The molecule has 0 atom stereocenters. The molecule has 108 valence electrons. The maximum atomic E-state index is 12.2. The van der Waals surface area contributed by atoms with Crippen molar-refractivity contribution in [3.05, 3.63) is 23.9 Å². The largest absolute Gasteiger partial charge is 0.431 e. The molecule has 1 heterocycles. The number of pyridine rings is 1. The molecule has 0 unspecified atom stereocenters. The zero-order valence-corrected chi connectivity index (χ0v) is 10.8. The van der Waals surface area contributed by atoms with E-state index in [2.05, 4.69) is 14.7 Å². The summed E-state index contributed by atoms with van der Waals surface area (Å²) in [5.74, 6) is 0.401. The average molecular weight is 282 g/mol. The van der Waals surface area contributed by atoms with Crippen molar-refractivity contribution in [2.45, 2.75) is 19.5 Å². The third kappa shape index (κ3) is 4.18. The number of rotatable bonds is 6. The summed E-state index contributed by atoms with van der Waals surface area (Å²) in [5, 5.41) is 0. The fraction of sp³-hybridized carbons (Fsp3) is 0.385. The Kier molecular flexibility index (Phi) is 4.49. The Balaban J connectivity index is 2.05.